The van der Waals surface area contributed by atoms with Gasteiger partial charge in [0.15, 0.2) is 0 Å². The van der Waals surface area contributed by atoms with E-state index in [0.717, 1.165) is 5.56 Å². The molecule has 0 unspecified atom stereocenters. The molecule has 1 aliphatic heterocycles. The third-order valence-corrected chi connectivity index (χ3v) is 5.58. The first kappa shape index (κ1) is 15.9. The Hall–Kier alpha value is -1.44. The van der Waals surface area contributed by atoms with E-state index in [4.69, 9.17) is 0 Å². The topological polar surface area (TPSA) is 77.9 Å². The van der Waals surface area contributed by atoms with Crippen molar-refractivity contribution in [2.45, 2.75) is 25.9 Å². The monoisotopic (exact) mass is 312 g/mol. The van der Waals surface area contributed by atoms with Gasteiger partial charge in [-0.15, -0.1) is 0 Å². The molecule has 0 aliphatic carbocycles. The highest BCUT2D eigenvalue weighted by molar-refractivity contribution is 7.89. The van der Waals surface area contributed by atoms with Crippen LogP contribution in [0.2, 0.25) is 0 Å². The Morgan fingerprint density at radius 2 is 1.86 bits per heavy atom. The van der Waals surface area contributed by atoms with Gasteiger partial charge in [-0.1, -0.05) is 30.3 Å². The SMILES string of the molecule is CC(C)(C(=O)O)N1CCN(Cc2ccccc2)S(=O)(=O)C1. The number of rotatable bonds is 4. The lowest BCUT2D eigenvalue weighted by Gasteiger charge is -2.40. The van der Waals surface area contributed by atoms with Gasteiger partial charge in [-0.25, -0.2) is 8.42 Å². The molecule has 1 aliphatic rings. The van der Waals surface area contributed by atoms with Gasteiger partial charge in [-0.2, -0.15) is 4.31 Å². The van der Waals surface area contributed by atoms with Crippen LogP contribution in [0.15, 0.2) is 30.3 Å². The molecule has 0 spiro atoms. The summed E-state index contributed by atoms with van der Waals surface area (Å²) in [5.74, 6) is -1.28. The molecular weight excluding hydrogens is 292 g/mol. The molecule has 0 atom stereocenters. The zero-order valence-corrected chi connectivity index (χ0v) is 13.0. The summed E-state index contributed by atoms with van der Waals surface area (Å²) >= 11 is 0. The summed E-state index contributed by atoms with van der Waals surface area (Å²) in [5.41, 5.74) is -0.265. The van der Waals surface area contributed by atoms with Crippen LogP contribution in [0.3, 0.4) is 0 Å². The highest BCUT2D eigenvalue weighted by Crippen LogP contribution is 2.22. The van der Waals surface area contributed by atoms with Crippen LogP contribution in [0, 0.1) is 0 Å². The van der Waals surface area contributed by atoms with Crippen LogP contribution in [-0.4, -0.2) is 53.2 Å². The van der Waals surface area contributed by atoms with E-state index < -0.39 is 21.5 Å². The average molecular weight is 312 g/mol. The number of carbonyl (C=O) groups is 1. The standard InChI is InChI=1S/C14H20N2O4S/c1-14(2,13(17)18)15-8-9-16(21(19,20)11-15)10-12-6-4-3-5-7-12/h3-7H,8-11H2,1-2H3,(H,17,18). The van der Waals surface area contributed by atoms with Gasteiger partial charge >= 0.3 is 5.97 Å². The van der Waals surface area contributed by atoms with Crippen molar-refractivity contribution in [3.63, 3.8) is 0 Å². The fraction of sp³-hybridized carbons (Fsp3) is 0.500. The smallest absolute Gasteiger partial charge is 0.323 e. The van der Waals surface area contributed by atoms with E-state index in [1.807, 2.05) is 30.3 Å². The minimum atomic E-state index is -3.49. The molecular formula is C14H20N2O4S. The van der Waals surface area contributed by atoms with Crippen molar-refractivity contribution in [3.05, 3.63) is 35.9 Å². The summed E-state index contributed by atoms with van der Waals surface area (Å²) in [4.78, 5) is 12.7. The molecule has 2 rings (SSSR count). The van der Waals surface area contributed by atoms with Gasteiger partial charge in [0.25, 0.3) is 0 Å². The molecule has 1 aromatic carbocycles. The van der Waals surface area contributed by atoms with E-state index in [2.05, 4.69) is 0 Å². The number of carboxylic acid groups (broad SMARTS) is 1. The van der Waals surface area contributed by atoms with Crippen LogP contribution in [0.25, 0.3) is 0 Å². The third-order valence-electron chi connectivity index (χ3n) is 3.85. The number of nitrogens with zero attached hydrogens (tertiary/aromatic N) is 2. The number of benzene rings is 1. The average Bonchev–Trinajstić information content (AvgIpc) is 2.41. The summed E-state index contributed by atoms with van der Waals surface area (Å²) in [6.07, 6.45) is 0. The lowest BCUT2D eigenvalue weighted by Crippen LogP contribution is -2.59. The van der Waals surface area contributed by atoms with Crippen molar-refractivity contribution in [1.29, 1.82) is 0 Å². The molecule has 1 aromatic rings. The zero-order valence-electron chi connectivity index (χ0n) is 12.2. The normalized spacial score (nSPS) is 20.3. The van der Waals surface area contributed by atoms with Crippen LogP contribution in [0.5, 0.6) is 0 Å². The van der Waals surface area contributed by atoms with Gasteiger partial charge in [0.05, 0.1) is 0 Å². The Labute approximate surface area is 125 Å². The Kier molecular flexibility index (Phi) is 4.36. The number of aliphatic carboxylic acids is 1. The zero-order chi connectivity index (χ0) is 15.7. The second-order valence-corrected chi connectivity index (χ2v) is 7.63. The summed E-state index contributed by atoms with van der Waals surface area (Å²) in [6.45, 7) is 4.08. The van der Waals surface area contributed by atoms with Gasteiger partial charge in [-0.3, -0.25) is 9.69 Å². The minimum absolute atomic E-state index is 0.265. The first-order chi connectivity index (χ1) is 9.73. The van der Waals surface area contributed by atoms with E-state index >= 15 is 0 Å². The molecule has 6 nitrogen and oxygen atoms in total. The second kappa shape index (κ2) is 5.75. The highest BCUT2D eigenvalue weighted by Gasteiger charge is 2.41. The predicted octanol–water partition coefficient (Wildman–Crippen LogP) is 0.955. The van der Waals surface area contributed by atoms with Crippen LogP contribution >= 0.6 is 0 Å². The lowest BCUT2D eigenvalue weighted by atomic mass is 10.0. The molecule has 0 saturated carbocycles. The Balaban J connectivity index is 2.12. The maximum absolute atomic E-state index is 12.4. The number of hydrogen-bond acceptors (Lipinski definition) is 4. The molecule has 1 N–H and O–H groups in total. The van der Waals surface area contributed by atoms with E-state index in [9.17, 15) is 18.3 Å². The third kappa shape index (κ3) is 3.42. The summed E-state index contributed by atoms with van der Waals surface area (Å²) < 4.78 is 26.1. The van der Waals surface area contributed by atoms with Crippen LogP contribution < -0.4 is 0 Å². The fourth-order valence-corrected chi connectivity index (χ4v) is 3.97. The lowest BCUT2D eigenvalue weighted by molar-refractivity contribution is -0.149. The van der Waals surface area contributed by atoms with Gasteiger partial charge < -0.3 is 5.11 Å². The molecule has 7 heteroatoms. The Morgan fingerprint density at radius 1 is 1.24 bits per heavy atom. The van der Waals surface area contributed by atoms with E-state index in [-0.39, 0.29) is 5.88 Å². The first-order valence-electron chi connectivity index (χ1n) is 6.74. The van der Waals surface area contributed by atoms with E-state index in [0.29, 0.717) is 19.6 Å². The molecule has 0 bridgehead atoms. The minimum Gasteiger partial charge on any atom is -0.480 e. The van der Waals surface area contributed by atoms with Gasteiger partial charge in [0.2, 0.25) is 10.0 Å². The van der Waals surface area contributed by atoms with Crippen molar-refractivity contribution in [2.75, 3.05) is 19.0 Å². The molecule has 116 valence electrons. The van der Waals surface area contributed by atoms with Crippen molar-refractivity contribution >= 4 is 16.0 Å². The summed E-state index contributed by atoms with van der Waals surface area (Å²) in [5, 5.41) is 9.21. The summed E-state index contributed by atoms with van der Waals surface area (Å²) in [7, 11) is -3.49. The van der Waals surface area contributed by atoms with Crippen LogP contribution in [0.1, 0.15) is 19.4 Å². The van der Waals surface area contributed by atoms with Gasteiger partial charge in [-0.05, 0) is 19.4 Å². The maximum atomic E-state index is 12.4. The molecule has 1 heterocycles. The van der Waals surface area contributed by atoms with Crippen molar-refractivity contribution < 1.29 is 18.3 Å². The van der Waals surface area contributed by atoms with Crippen LogP contribution in [0.4, 0.5) is 0 Å². The Morgan fingerprint density at radius 3 is 2.38 bits per heavy atom. The van der Waals surface area contributed by atoms with E-state index in [1.165, 1.54) is 23.1 Å². The van der Waals surface area contributed by atoms with Crippen molar-refractivity contribution in [1.82, 2.24) is 9.21 Å². The fourth-order valence-electron chi connectivity index (χ4n) is 2.26. The quantitative estimate of drug-likeness (QED) is 0.896. The second-order valence-electron chi connectivity index (χ2n) is 5.69. The predicted molar refractivity (Wildman–Crippen MR) is 79.1 cm³/mol. The maximum Gasteiger partial charge on any atom is 0.323 e. The molecule has 0 aromatic heterocycles. The van der Waals surface area contributed by atoms with Crippen molar-refractivity contribution in [3.8, 4) is 0 Å². The number of hydrogen-bond donors (Lipinski definition) is 1. The van der Waals surface area contributed by atoms with Gasteiger partial charge in [0.1, 0.15) is 11.4 Å². The van der Waals surface area contributed by atoms with Gasteiger partial charge in [0, 0.05) is 19.6 Å². The van der Waals surface area contributed by atoms with Crippen molar-refractivity contribution in [2.24, 2.45) is 0 Å². The molecule has 1 fully saturated rings. The molecule has 21 heavy (non-hydrogen) atoms. The Bertz CT molecular complexity index is 613. The molecule has 0 amide bonds. The highest BCUT2D eigenvalue weighted by atomic mass is 32.2. The number of sulfonamides is 1. The van der Waals surface area contributed by atoms with Crippen LogP contribution in [-0.2, 0) is 21.4 Å². The molecule has 1 saturated heterocycles. The summed E-state index contributed by atoms with van der Waals surface area (Å²) in [6, 6.07) is 9.37. The van der Waals surface area contributed by atoms with E-state index in [1.54, 1.807) is 0 Å². The number of carboxylic acids is 1. The molecule has 0 radical (unpaired) electrons. The first-order valence-corrected chi connectivity index (χ1v) is 8.34. The largest absolute Gasteiger partial charge is 0.480 e.